The van der Waals surface area contributed by atoms with E-state index in [-0.39, 0.29) is 11.1 Å². The zero-order chi connectivity index (χ0) is 25.3. The molecule has 2 N–H and O–H groups in total. The molecular weight excluding hydrogens is 501 g/mol. The van der Waals surface area contributed by atoms with Gasteiger partial charge in [-0.15, -0.1) is 10.2 Å². The summed E-state index contributed by atoms with van der Waals surface area (Å²) in [6, 6.07) is 9.95. The number of rotatable bonds is 8. The second-order valence-electron chi connectivity index (χ2n) is 8.37. The molecule has 0 saturated heterocycles. The Hall–Kier alpha value is -3.41. The summed E-state index contributed by atoms with van der Waals surface area (Å²) < 4.78 is 20.8. The molecule has 36 heavy (non-hydrogen) atoms. The molecule has 0 radical (unpaired) electrons. The van der Waals surface area contributed by atoms with Crippen molar-refractivity contribution in [1.82, 2.24) is 20.2 Å². The number of nitrogens with one attached hydrogen (secondary N) is 1. The molecule has 3 heterocycles. The highest BCUT2D eigenvalue weighted by Crippen LogP contribution is 2.45. The molecule has 11 heteroatoms. The largest absolute Gasteiger partial charge is 0.496 e. The molecule has 1 aliphatic carbocycles. The second-order valence-corrected chi connectivity index (χ2v) is 10.6. The van der Waals surface area contributed by atoms with Gasteiger partial charge in [-0.2, -0.15) is 0 Å². The van der Waals surface area contributed by atoms with E-state index in [0.29, 0.717) is 32.2 Å². The molecule has 1 aromatic carbocycles. The van der Waals surface area contributed by atoms with Gasteiger partial charge in [0.1, 0.15) is 11.6 Å². The van der Waals surface area contributed by atoms with Crippen LogP contribution in [0, 0.1) is 12.7 Å². The summed E-state index contributed by atoms with van der Waals surface area (Å²) in [6.07, 6.45) is 4.68. The van der Waals surface area contributed by atoms with Gasteiger partial charge in [-0.05, 0) is 44.0 Å². The van der Waals surface area contributed by atoms with Gasteiger partial charge in [-0.25, -0.2) is 4.39 Å². The van der Waals surface area contributed by atoms with E-state index in [2.05, 4.69) is 25.5 Å². The zero-order valence-corrected chi connectivity index (χ0v) is 21.1. The molecule has 1 aliphatic rings. The van der Waals surface area contributed by atoms with Gasteiger partial charge in [0.15, 0.2) is 4.34 Å². The number of pyridine rings is 2. The van der Waals surface area contributed by atoms with Gasteiger partial charge in [0.2, 0.25) is 5.13 Å². The maximum Gasteiger partial charge on any atom is 0.259 e. The van der Waals surface area contributed by atoms with Crippen LogP contribution in [-0.2, 0) is 11.4 Å². The van der Waals surface area contributed by atoms with E-state index in [1.165, 1.54) is 42.5 Å². The van der Waals surface area contributed by atoms with Crippen LogP contribution in [0.3, 0.4) is 0 Å². The molecule has 0 bridgehead atoms. The van der Waals surface area contributed by atoms with Crippen molar-refractivity contribution in [2.45, 2.75) is 35.5 Å². The molecule has 1 saturated carbocycles. The lowest BCUT2D eigenvalue weighted by molar-refractivity contribution is 0.102. The van der Waals surface area contributed by atoms with Crippen LogP contribution in [0.1, 0.15) is 40.2 Å². The molecular formula is C25H22FN5O3S2. The van der Waals surface area contributed by atoms with E-state index in [0.717, 1.165) is 24.1 Å². The smallest absolute Gasteiger partial charge is 0.259 e. The van der Waals surface area contributed by atoms with Crippen molar-refractivity contribution in [2.75, 3.05) is 12.4 Å². The minimum absolute atomic E-state index is 0.190. The third-order valence-corrected chi connectivity index (χ3v) is 7.81. The monoisotopic (exact) mass is 523 g/mol. The summed E-state index contributed by atoms with van der Waals surface area (Å²) >= 11 is 2.68. The lowest BCUT2D eigenvalue weighted by atomic mass is 9.98. The summed E-state index contributed by atoms with van der Waals surface area (Å²) in [5.41, 5.74) is 2.38. The molecule has 4 aromatic rings. The van der Waals surface area contributed by atoms with Crippen molar-refractivity contribution in [3.05, 3.63) is 77.1 Å². The molecule has 0 aliphatic heterocycles. The molecule has 0 atom stereocenters. The number of halogens is 1. The normalized spacial score (nSPS) is 13.9. The number of hydrogen-bond acceptors (Lipinski definition) is 9. The van der Waals surface area contributed by atoms with E-state index in [9.17, 15) is 14.3 Å². The first-order chi connectivity index (χ1) is 17.4. The third kappa shape index (κ3) is 5.08. The molecule has 184 valence electrons. The highest BCUT2D eigenvalue weighted by atomic mass is 32.2. The first-order valence-electron chi connectivity index (χ1n) is 11.1. The highest BCUT2D eigenvalue weighted by Gasteiger charge is 2.42. The third-order valence-electron chi connectivity index (χ3n) is 5.81. The number of carbonyl (C=O) groups is 1. The number of aryl methyl sites for hydroxylation is 1. The quantitative estimate of drug-likeness (QED) is 0.246. The minimum atomic E-state index is -0.699. The lowest BCUT2D eigenvalue weighted by Crippen LogP contribution is -2.14. The number of anilines is 1. The van der Waals surface area contributed by atoms with Crippen molar-refractivity contribution in [1.29, 1.82) is 0 Å². The summed E-state index contributed by atoms with van der Waals surface area (Å²) in [4.78, 5) is 21.8. The Morgan fingerprint density at radius 2 is 2.06 bits per heavy atom. The van der Waals surface area contributed by atoms with Gasteiger partial charge >= 0.3 is 0 Å². The van der Waals surface area contributed by atoms with Gasteiger partial charge < -0.3 is 9.84 Å². The van der Waals surface area contributed by atoms with Crippen LogP contribution >= 0.6 is 23.1 Å². The van der Waals surface area contributed by atoms with E-state index in [4.69, 9.17) is 4.74 Å². The van der Waals surface area contributed by atoms with Gasteiger partial charge in [0, 0.05) is 35.0 Å². The molecule has 3 aromatic heterocycles. The van der Waals surface area contributed by atoms with Gasteiger partial charge in [-0.1, -0.05) is 35.2 Å². The predicted octanol–water partition coefficient (Wildman–Crippen LogP) is 4.98. The van der Waals surface area contributed by atoms with Crippen molar-refractivity contribution in [3.63, 3.8) is 0 Å². The zero-order valence-electron chi connectivity index (χ0n) is 19.5. The van der Waals surface area contributed by atoms with Gasteiger partial charge in [0.25, 0.3) is 5.91 Å². The summed E-state index contributed by atoms with van der Waals surface area (Å²) in [5, 5.41) is 21.4. The fourth-order valence-corrected chi connectivity index (χ4v) is 5.36. The van der Waals surface area contributed by atoms with E-state index >= 15 is 0 Å². The first-order valence-corrected chi connectivity index (χ1v) is 12.9. The number of aliphatic hydroxyl groups is 1. The van der Waals surface area contributed by atoms with Crippen molar-refractivity contribution >= 4 is 34.1 Å². The number of methoxy groups -OCH3 is 1. The highest BCUT2D eigenvalue weighted by molar-refractivity contribution is 8.00. The van der Waals surface area contributed by atoms with E-state index < -0.39 is 17.3 Å². The minimum Gasteiger partial charge on any atom is -0.496 e. The average Bonchev–Trinajstić information content (AvgIpc) is 3.47. The van der Waals surface area contributed by atoms with Crippen LogP contribution in [0.5, 0.6) is 5.75 Å². The SMILES string of the molecule is COc1cccc(F)c1-c1cc(C)ncc1C(=O)Nc1nnc(SCc2ccc(C3(O)CC3)cn2)s1. The van der Waals surface area contributed by atoms with Crippen molar-refractivity contribution in [2.24, 2.45) is 0 Å². The maximum absolute atomic E-state index is 14.8. The number of carbonyl (C=O) groups excluding carboxylic acids is 1. The fraction of sp³-hybridized carbons (Fsp3) is 0.240. The molecule has 0 unspecified atom stereocenters. The Bertz CT molecular complexity index is 1420. The summed E-state index contributed by atoms with van der Waals surface area (Å²) in [6.45, 7) is 1.77. The lowest BCUT2D eigenvalue weighted by Gasteiger charge is -2.14. The maximum atomic E-state index is 14.8. The van der Waals surface area contributed by atoms with Gasteiger partial charge in [-0.3, -0.25) is 20.1 Å². The van der Waals surface area contributed by atoms with Crippen LogP contribution in [0.4, 0.5) is 9.52 Å². The number of aromatic nitrogens is 4. The Kier molecular flexibility index (Phi) is 6.69. The van der Waals surface area contributed by atoms with E-state index in [1.807, 2.05) is 12.1 Å². The Morgan fingerprint density at radius 1 is 1.22 bits per heavy atom. The van der Waals surface area contributed by atoms with Crippen LogP contribution in [0.25, 0.3) is 11.1 Å². The Labute approximate surface area is 215 Å². The Balaban J connectivity index is 1.29. The molecule has 8 nitrogen and oxygen atoms in total. The van der Waals surface area contributed by atoms with Crippen molar-refractivity contribution < 1.29 is 19.0 Å². The van der Waals surface area contributed by atoms with E-state index in [1.54, 1.807) is 31.3 Å². The summed E-state index contributed by atoms with van der Waals surface area (Å²) in [7, 11) is 1.45. The van der Waals surface area contributed by atoms with Crippen LogP contribution < -0.4 is 10.1 Å². The topological polar surface area (TPSA) is 110 Å². The average molecular weight is 524 g/mol. The predicted molar refractivity (Wildman–Crippen MR) is 136 cm³/mol. The number of amides is 1. The number of ether oxygens (including phenoxy) is 1. The number of nitrogens with zero attached hydrogens (tertiary/aromatic N) is 4. The Morgan fingerprint density at radius 3 is 2.78 bits per heavy atom. The fourth-order valence-electron chi connectivity index (χ4n) is 3.69. The van der Waals surface area contributed by atoms with Crippen LogP contribution in [0.15, 0.2) is 53.1 Å². The number of thioether (sulfide) groups is 1. The molecule has 0 spiro atoms. The number of benzene rings is 1. The van der Waals surface area contributed by atoms with Crippen molar-refractivity contribution in [3.8, 4) is 16.9 Å². The standard InChI is InChI=1S/C25H22FN5O3S2/c1-14-10-17(21-19(26)4-3-5-20(21)34-2)18(12-27-14)22(32)29-23-30-31-24(36-23)35-13-16-7-6-15(11-28-16)25(33)8-9-25/h3-7,10-12,33H,8-9,13H2,1-2H3,(H,29,30,32). The van der Waals surface area contributed by atoms with Gasteiger partial charge in [0.05, 0.1) is 29.5 Å². The first kappa shape index (κ1) is 24.3. The second kappa shape index (κ2) is 9.92. The molecule has 1 amide bonds. The van der Waals surface area contributed by atoms with Crippen LogP contribution in [-0.4, -0.2) is 38.3 Å². The molecule has 1 fully saturated rings. The number of hydrogen-bond donors (Lipinski definition) is 2. The summed E-state index contributed by atoms with van der Waals surface area (Å²) in [5.74, 6) is -0.0973. The molecule has 5 rings (SSSR count). The van der Waals surface area contributed by atoms with Crippen LogP contribution in [0.2, 0.25) is 0 Å².